The predicted molar refractivity (Wildman–Crippen MR) is 58.9 cm³/mol. The van der Waals surface area contributed by atoms with Gasteiger partial charge < -0.3 is 5.32 Å². The Labute approximate surface area is 93.0 Å². The van der Waals surface area contributed by atoms with Crippen LogP contribution in [-0.2, 0) is 15.0 Å². The smallest absolute Gasteiger partial charge is 0.238 e. The molecule has 1 aliphatic carbocycles. The van der Waals surface area contributed by atoms with Gasteiger partial charge in [-0.3, -0.25) is 14.9 Å². The number of piperidine rings is 1. The minimum absolute atomic E-state index is 0.123. The van der Waals surface area contributed by atoms with Crippen LogP contribution in [-0.4, -0.2) is 18.9 Å². The second-order valence-electron chi connectivity index (χ2n) is 4.37. The van der Waals surface area contributed by atoms with Gasteiger partial charge in [-0.2, -0.15) is 0 Å². The summed E-state index contributed by atoms with van der Waals surface area (Å²) >= 11 is 0. The van der Waals surface area contributed by atoms with Gasteiger partial charge in [0.25, 0.3) is 0 Å². The highest BCUT2D eigenvalue weighted by Gasteiger charge is 2.69. The Kier molecular flexibility index (Phi) is 1.67. The highest BCUT2D eigenvalue weighted by Crippen LogP contribution is 2.57. The number of anilines is 1. The minimum Gasteiger partial charge on any atom is -0.388 e. The Bertz CT molecular complexity index is 480. The number of nitrogens with one attached hydrogen (secondary N) is 2. The van der Waals surface area contributed by atoms with E-state index in [1.165, 1.54) is 0 Å². The minimum atomic E-state index is -0.552. The van der Waals surface area contributed by atoms with E-state index in [-0.39, 0.29) is 17.7 Å². The van der Waals surface area contributed by atoms with E-state index in [4.69, 9.17) is 0 Å². The van der Waals surface area contributed by atoms with E-state index in [2.05, 4.69) is 10.6 Å². The van der Waals surface area contributed by atoms with Gasteiger partial charge >= 0.3 is 0 Å². The lowest BCUT2D eigenvalue weighted by Gasteiger charge is -2.10. The van der Waals surface area contributed by atoms with Gasteiger partial charge in [0.05, 0.1) is 11.3 Å². The molecule has 82 valence electrons. The zero-order valence-corrected chi connectivity index (χ0v) is 8.91. The maximum Gasteiger partial charge on any atom is 0.238 e. The Balaban J connectivity index is 1.99. The number of hydrogen-bond acceptors (Lipinski definition) is 3. The molecular formula is C12H12N2O2. The van der Waals surface area contributed by atoms with Crippen LogP contribution in [0.5, 0.6) is 0 Å². The van der Waals surface area contributed by atoms with Crippen LogP contribution in [0.1, 0.15) is 12.0 Å². The summed E-state index contributed by atoms with van der Waals surface area (Å²) < 4.78 is 0. The molecule has 1 heterocycles. The first-order valence-electron chi connectivity index (χ1n) is 5.32. The van der Waals surface area contributed by atoms with Crippen molar-refractivity contribution >= 4 is 17.5 Å². The van der Waals surface area contributed by atoms with Gasteiger partial charge in [0.1, 0.15) is 0 Å². The number of benzene rings is 1. The Morgan fingerprint density at radius 3 is 2.44 bits per heavy atom. The van der Waals surface area contributed by atoms with Gasteiger partial charge in [-0.05, 0) is 24.1 Å². The molecule has 2 N–H and O–H groups in total. The molecule has 2 aliphatic rings. The lowest BCUT2D eigenvalue weighted by atomic mass is 9.94. The van der Waals surface area contributed by atoms with Crippen LogP contribution < -0.4 is 10.6 Å². The summed E-state index contributed by atoms with van der Waals surface area (Å²) in [6.07, 6.45) is 0.663. The molecule has 2 atom stereocenters. The average molecular weight is 216 g/mol. The molecule has 3 rings (SSSR count). The van der Waals surface area contributed by atoms with Crippen molar-refractivity contribution in [2.75, 3.05) is 12.4 Å². The number of fused-ring (bicyclic) bond motifs is 1. The summed E-state index contributed by atoms with van der Waals surface area (Å²) in [5.41, 5.74) is 1.39. The van der Waals surface area contributed by atoms with Crippen LogP contribution in [0.25, 0.3) is 0 Å². The maximum absolute atomic E-state index is 11.8. The summed E-state index contributed by atoms with van der Waals surface area (Å²) in [6, 6.07) is 7.69. The lowest BCUT2D eigenvalue weighted by molar-refractivity contribution is -0.127. The van der Waals surface area contributed by atoms with Crippen molar-refractivity contribution in [3.63, 3.8) is 0 Å². The molecule has 0 aromatic heterocycles. The van der Waals surface area contributed by atoms with Crippen molar-refractivity contribution in [2.45, 2.75) is 11.8 Å². The molecule has 0 spiro atoms. The molecule has 1 saturated heterocycles. The zero-order chi connectivity index (χ0) is 11.3. The molecule has 0 bridgehead atoms. The van der Waals surface area contributed by atoms with Crippen LogP contribution in [0.2, 0.25) is 0 Å². The summed E-state index contributed by atoms with van der Waals surface area (Å²) in [6.45, 7) is 0. The van der Waals surface area contributed by atoms with Gasteiger partial charge in [0.15, 0.2) is 0 Å². The van der Waals surface area contributed by atoms with Crippen molar-refractivity contribution < 1.29 is 9.59 Å². The second-order valence-corrected chi connectivity index (χ2v) is 4.37. The fraction of sp³-hybridized carbons (Fsp3) is 0.333. The van der Waals surface area contributed by atoms with Crippen LogP contribution in [0.4, 0.5) is 5.69 Å². The van der Waals surface area contributed by atoms with Crippen LogP contribution >= 0.6 is 0 Å². The number of rotatable bonds is 2. The second kappa shape index (κ2) is 2.84. The number of imide groups is 1. The molecule has 0 radical (unpaired) electrons. The predicted octanol–water partition coefficient (Wildman–Crippen LogP) is 0.642. The van der Waals surface area contributed by atoms with Gasteiger partial charge in [-0.25, -0.2) is 0 Å². The summed E-state index contributed by atoms with van der Waals surface area (Å²) in [5.74, 6) is -0.400. The number of amides is 2. The topological polar surface area (TPSA) is 58.2 Å². The fourth-order valence-electron chi connectivity index (χ4n) is 2.53. The Morgan fingerprint density at radius 1 is 1.31 bits per heavy atom. The van der Waals surface area contributed by atoms with E-state index >= 15 is 0 Å². The third-order valence-electron chi connectivity index (χ3n) is 3.61. The normalized spacial score (nSPS) is 30.9. The SMILES string of the molecule is CNc1ccc(C23CC2C(=O)NC3=O)cc1. The Morgan fingerprint density at radius 2 is 2.00 bits per heavy atom. The molecule has 4 nitrogen and oxygen atoms in total. The average Bonchev–Trinajstić information content (AvgIpc) is 3.00. The van der Waals surface area contributed by atoms with Gasteiger partial charge in [0.2, 0.25) is 11.8 Å². The summed E-state index contributed by atoms with van der Waals surface area (Å²) in [5, 5.41) is 5.41. The molecule has 1 aromatic rings. The van der Waals surface area contributed by atoms with Crippen LogP contribution in [0.15, 0.2) is 24.3 Å². The lowest BCUT2D eigenvalue weighted by Crippen LogP contribution is -2.30. The van der Waals surface area contributed by atoms with Crippen LogP contribution in [0.3, 0.4) is 0 Å². The zero-order valence-electron chi connectivity index (χ0n) is 8.91. The van der Waals surface area contributed by atoms with Gasteiger partial charge in [0, 0.05) is 12.7 Å². The van der Waals surface area contributed by atoms with E-state index < -0.39 is 5.41 Å². The van der Waals surface area contributed by atoms with Crippen molar-refractivity contribution in [3.8, 4) is 0 Å². The molecule has 1 aromatic carbocycles. The Hall–Kier alpha value is -1.84. The van der Waals surface area contributed by atoms with E-state index in [0.717, 1.165) is 11.3 Å². The van der Waals surface area contributed by atoms with Gasteiger partial charge in [-0.1, -0.05) is 12.1 Å². The standard InChI is InChI=1S/C12H12N2O2/c1-13-8-4-2-7(3-5-8)12-6-9(12)10(15)14-11(12)16/h2-5,9,13H,6H2,1H3,(H,14,15,16). The molecule has 2 amide bonds. The van der Waals surface area contributed by atoms with Crippen LogP contribution in [0, 0.1) is 5.92 Å². The number of carbonyl (C=O) groups is 2. The third kappa shape index (κ3) is 0.988. The molecule has 2 fully saturated rings. The van der Waals surface area contributed by atoms with E-state index in [1.807, 2.05) is 31.3 Å². The third-order valence-corrected chi connectivity index (χ3v) is 3.61. The molecule has 1 saturated carbocycles. The molecule has 4 heteroatoms. The quantitative estimate of drug-likeness (QED) is 0.713. The van der Waals surface area contributed by atoms with E-state index in [0.29, 0.717) is 6.42 Å². The van der Waals surface area contributed by atoms with Crippen molar-refractivity contribution in [3.05, 3.63) is 29.8 Å². The first kappa shape index (κ1) is 9.39. The maximum atomic E-state index is 11.8. The van der Waals surface area contributed by atoms with E-state index in [1.54, 1.807) is 0 Å². The number of hydrogen-bond donors (Lipinski definition) is 2. The van der Waals surface area contributed by atoms with Crippen molar-refractivity contribution in [2.24, 2.45) is 5.92 Å². The first-order valence-corrected chi connectivity index (χ1v) is 5.32. The highest BCUT2D eigenvalue weighted by atomic mass is 16.2. The molecule has 1 aliphatic heterocycles. The number of carbonyl (C=O) groups excluding carboxylic acids is 2. The summed E-state index contributed by atoms with van der Waals surface area (Å²) in [4.78, 5) is 23.1. The highest BCUT2D eigenvalue weighted by molar-refractivity contribution is 6.15. The monoisotopic (exact) mass is 216 g/mol. The van der Waals surface area contributed by atoms with Gasteiger partial charge in [-0.15, -0.1) is 0 Å². The molecular weight excluding hydrogens is 204 g/mol. The van der Waals surface area contributed by atoms with Crippen molar-refractivity contribution in [1.82, 2.24) is 5.32 Å². The molecule has 2 unspecified atom stereocenters. The van der Waals surface area contributed by atoms with Crippen molar-refractivity contribution in [1.29, 1.82) is 0 Å². The summed E-state index contributed by atoms with van der Waals surface area (Å²) in [7, 11) is 1.85. The largest absolute Gasteiger partial charge is 0.388 e. The first-order chi connectivity index (χ1) is 7.68. The van der Waals surface area contributed by atoms with E-state index in [9.17, 15) is 9.59 Å². The fourth-order valence-corrected chi connectivity index (χ4v) is 2.53. The molecule has 16 heavy (non-hydrogen) atoms.